The molecule has 0 aliphatic rings. The van der Waals surface area contributed by atoms with Crippen LogP contribution in [0.3, 0.4) is 0 Å². The van der Waals surface area contributed by atoms with Gasteiger partial charge in [-0.3, -0.25) is 0 Å². The minimum atomic E-state index is 0. The first kappa shape index (κ1) is 8.83. The molecule has 0 N–H and O–H groups in total. The van der Waals surface area contributed by atoms with Crippen LogP contribution < -0.4 is 0 Å². The molecule has 4 heavy (non-hydrogen) atoms. The van der Waals surface area contributed by atoms with Crippen molar-refractivity contribution in [3.8, 4) is 0 Å². The van der Waals surface area contributed by atoms with Gasteiger partial charge in [-0.15, -0.1) is 0 Å². The predicted octanol–water partition coefficient (Wildman–Crippen LogP) is -0.310. The first-order valence-corrected chi connectivity index (χ1v) is 2.24. The Morgan fingerprint density at radius 2 is 1.75 bits per heavy atom. The van der Waals surface area contributed by atoms with Crippen LogP contribution >= 0.6 is 6.99 Å². The van der Waals surface area contributed by atoms with Crippen LogP contribution in [-0.4, -0.2) is 8.41 Å². The average molecular weight is 90.9 g/mol. The molecule has 0 spiro atoms. The van der Waals surface area contributed by atoms with Crippen molar-refractivity contribution in [3.63, 3.8) is 0 Å². The molecule has 0 fully saturated rings. The summed E-state index contributed by atoms with van der Waals surface area (Å²) in [5.41, 5.74) is 0. The third-order valence-electron chi connectivity index (χ3n) is 0. The SMILES string of the molecule is B.N#P=S. The van der Waals surface area contributed by atoms with Gasteiger partial charge in [-0.25, -0.2) is 0 Å². The molecule has 0 aromatic carbocycles. The topological polar surface area (TPSA) is 23.8 Å². The van der Waals surface area contributed by atoms with Gasteiger partial charge in [0.1, 0.15) is 0 Å². The second-order valence-electron chi connectivity index (χ2n) is 0.0816. The predicted molar refractivity (Wildman–Crippen MR) is 25.9 cm³/mol. The molecule has 0 aromatic heterocycles. The Bertz CT molecular complexity index is 54.2. The second-order valence-corrected chi connectivity index (χ2v) is 0.735. The summed E-state index contributed by atoms with van der Waals surface area (Å²) in [6.45, 7) is 0. The van der Waals surface area contributed by atoms with Crippen molar-refractivity contribution >= 4 is 27.2 Å². The maximum atomic E-state index is 7.36. The van der Waals surface area contributed by atoms with Gasteiger partial charge in [0.15, 0.2) is 0 Å². The van der Waals surface area contributed by atoms with Crippen LogP contribution in [0.2, 0.25) is 0 Å². The van der Waals surface area contributed by atoms with Gasteiger partial charge in [-0.05, 0) is 0 Å². The van der Waals surface area contributed by atoms with Crippen molar-refractivity contribution in [1.29, 1.82) is 5.00 Å². The second kappa shape index (κ2) is 9.92. The normalized spacial score (nSPS) is 2.75. The molecule has 0 rings (SSSR count). The van der Waals surface area contributed by atoms with Crippen LogP contribution in [-0.2, 0) is 11.8 Å². The minimum absolute atomic E-state index is 0. The number of hydrogen-bond acceptors (Lipinski definition) is 2. The van der Waals surface area contributed by atoms with E-state index in [4.69, 9.17) is 5.00 Å². The monoisotopic (exact) mass is 91.0 g/mol. The first-order valence-electron chi connectivity index (χ1n) is 0.383. The summed E-state index contributed by atoms with van der Waals surface area (Å²) in [5, 5.41) is 7.36. The summed E-state index contributed by atoms with van der Waals surface area (Å²) in [5.74, 6) is 0. The van der Waals surface area contributed by atoms with Crippen molar-refractivity contribution in [3.05, 3.63) is 0 Å². The van der Waals surface area contributed by atoms with E-state index in [0.29, 0.717) is 0 Å². The van der Waals surface area contributed by atoms with Crippen molar-refractivity contribution in [1.82, 2.24) is 0 Å². The summed E-state index contributed by atoms with van der Waals surface area (Å²) in [4.78, 5) is 0. The molecule has 0 heterocycles. The summed E-state index contributed by atoms with van der Waals surface area (Å²) in [6, 6.07) is 0. The fourth-order valence-electron chi connectivity index (χ4n) is 0. The van der Waals surface area contributed by atoms with Crippen LogP contribution in [0.15, 0.2) is 0 Å². The molecule has 4 heteroatoms. The molecular formula is H3BNPS. The zero-order valence-electron chi connectivity index (χ0n) is 1.30. The van der Waals surface area contributed by atoms with Gasteiger partial charge in [-0.1, -0.05) is 0 Å². The van der Waals surface area contributed by atoms with E-state index in [1.54, 1.807) is 0 Å². The molecule has 1 nitrogen and oxygen atoms in total. The Hall–Kier alpha value is 0.425. The van der Waals surface area contributed by atoms with Gasteiger partial charge in [0, 0.05) is 0 Å². The Morgan fingerprint density at radius 1 is 1.75 bits per heavy atom. The van der Waals surface area contributed by atoms with Gasteiger partial charge < -0.3 is 0 Å². The molecule has 22 valence electrons. The Morgan fingerprint density at radius 3 is 1.75 bits per heavy atom. The van der Waals surface area contributed by atoms with Crippen LogP contribution in [0, 0.1) is 5.00 Å². The van der Waals surface area contributed by atoms with E-state index in [0.717, 1.165) is 0 Å². The van der Waals surface area contributed by atoms with Gasteiger partial charge >= 0.3 is 23.8 Å². The third-order valence-corrected chi connectivity index (χ3v) is 0. The number of rotatable bonds is 0. The molecule has 0 atom stereocenters. The summed E-state index contributed by atoms with van der Waals surface area (Å²) in [6.07, 6.45) is 0. The van der Waals surface area contributed by atoms with Crippen molar-refractivity contribution in [2.75, 3.05) is 0 Å². The van der Waals surface area contributed by atoms with E-state index in [2.05, 4.69) is 11.8 Å². The standard InChI is InChI=1S/BH3.NPS/c;1-2-3/h1H3;. The van der Waals surface area contributed by atoms with Crippen LogP contribution in [0.4, 0.5) is 0 Å². The van der Waals surface area contributed by atoms with Crippen LogP contribution in [0.25, 0.3) is 0 Å². The van der Waals surface area contributed by atoms with Gasteiger partial charge in [0.25, 0.3) is 0 Å². The zero-order valence-corrected chi connectivity index (χ0v) is 3.01. The van der Waals surface area contributed by atoms with Crippen molar-refractivity contribution < 1.29 is 0 Å². The first-order chi connectivity index (χ1) is 1.41. The summed E-state index contributed by atoms with van der Waals surface area (Å²) in [7, 11) is 0. The van der Waals surface area contributed by atoms with E-state index >= 15 is 0 Å². The van der Waals surface area contributed by atoms with E-state index < -0.39 is 0 Å². The molecule has 0 unspecified atom stereocenters. The average Bonchev–Trinajstić information content (AvgIpc) is 0.918. The fraction of sp³-hybridized carbons (Fsp3) is 0. The summed E-state index contributed by atoms with van der Waals surface area (Å²) >= 11 is 3.92. The van der Waals surface area contributed by atoms with E-state index in [1.807, 2.05) is 0 Å². The van der Waals surface area contributed by atoms with Gasteiger partial charge in [0.05, 0.1) is 8.41 Å². The maximum absolute atomic E-state index is 7.36. The Labute approximate surface area is 33.0 Å². The fourth-order valence-corrected chi connectivity index (χ4v) is 0. The molecule has 0 radical (unpaired) electrons. The number of hydrogen-bond donors (Lipinski definition) is 0. The molecule has 0 aliphatic carbocycles. The number of nitrogens with zero attached hydrogens (tertiary/aromatic N) is 1. The Balaban J connectivity index is 0. The molecule has 0 bridgehead atoms. The van der Waals surface area contributed by atoms with Crippen LogP contribution in [0.1, 0.15) is 0 Å². The molecule has 0 saturated carbocycles. The van der Waals surface area contributed by atoms with Crippen LogP contribution in [0.5, 0.6) is 0 Å². The summed E-state index contributed by atoms with van der Waals surface area (Å²) < 4.78 is 0. The van der Waals surface area contributed by atoms with E-state index in [9.17, 15) is 0 Å². The van der Waals surface area contributed by atoms with Gasteiger partial charge in [-0.2, -0.15) is 0 Å². The van der Waals surface area contributed by atoms with E-state index in [1.165, 1.54) is 0 Å². The zero-order chi connectivity index (χ0) is 2.71. The molecule has 0 aliphatic heterocycles. The molecule has 0 amide bonds. The van der Waals surface area contributed by atoms with E-state index in [-0.39, 0.29) is 15.4 Å². The molecular weight excluding hydrogens is 87.9 g/mol. The molecule has 0 aromatic rings. The Kier molecular flexibility index (Phi) is 21.9. The van der Waals surface area contributed by atoms with Crippen molar-refractivity contribution in [2.24, 2.45) is 0 Å². The molecule has 0 saturated heterocycles. The quantitative estimate of drug-likeness (QED) is 0.301. The van der Waals surface area contributed by atoms with Crippen molar-refractivity contribution in [2.45, 2.75) is 0 Å². The third kappa shape index (κ3) is 27.3. The van der Waals surface area contributed by atoms with Gasteiger partial charge in [0.2, 0.25) is 0 Å².